The van der Waals surface area contributed by atoms with Crippen LogP contribution in [0.2, 0.25) is 5.02 Å². The zero-order chi connectivity index (χ0) is 15.0. The predicted molar refractivity (Wildman–Crippen MR) is 81.2 cm³/mol. The van der Waals surface area contributed by atoms with E-state index in [2.05, 4.69) is 22.7 Å². The molecule has 0 aliphatic heterocycles. The molecule has 0 radical (unpaired) electrons. The summed E-state index contributed by atoms with van der Waals surface area (Å²) in [5.41, 5.74) is 8.36. The fourth-order valence-corrected chi connectivity index (χ4v) is 1.67. The Morgan fingerprint density at radius 1 is 1.60 bits per heavy atom. The maximum atomic E-state index is 8.55. The number of hydrogen-bond donors (Lipinski definition) is 2. The number of benzene rings is 1. The first-order chi connectivity index (χ1) is 9.58. The Kier molecular flexibility index (Phi) is 6.56. The van der Waals surface area contributed by atoms with Gasteiger partial charge in [-0.05, 0) is 36.8 Å². The minimum absolute atomic E-state index is 0.0614. The topological polar surface area (TPSA) is 92.7 Å². The molecule has 0 bridgehead atoms. The average Bonchev–Trinajstić information content (AvgIpc) is 2.38. The number of nitriles is 1. The average molecular weight is 313 g/mol. The van der Waals surface area contributed by atoms with Crippen LogP contribution in [0.5, 0.6) is 11.5 Å². The van der Waals surface area contributed by atoms with E-state index in [-0.39, 0.29) is 11.7 Å². The van der Waals surface area contributed by atoms with E-state index in [0.29, 0.717) is 28.7 Å². The molecule has 0 unspecified atom stereocenters. The molecule has 0 spiro atoms. The fraction of sp³-hybridized carbons (Fsp3) is 0.250. The van der Waals surface area contributed by atoms with E-state index >= 15 is 0 Å². The first-order valence-corrected chi connectivity index (χ1v) is 6.41. The standard InChI is InChI=1S/C12H13ClN4O2S/c1-2-18-10-6-8(7-16-17-12(15)20)5-9(13)11(10)19-4-3-14/h5-7H,2,4H2,1H3,(H3,15,17,20)/b16-7+. The molecule has 0 fully saturated rings. The van der Waals surface area contributed by atoms with Gasteiger partial charge >= 0.3 is 0 Å². The molecular formula is C12H13ClN4O2S. The summed E-state index contributed by atoms with van der Waals surface area (Å²) >= 11 is 10.7. The summed E-state index contributed by atoms with van der Waals surface area (Å²) in [4.78, 5) is 0. The van der Waals surface area contributed by atoms with Crippen LogP contribution in [-0.2, 0) is 0 Å². The fourth-order valence-electron chi connectivity index (χ4n) is 1.34. The monoisotopic (exact) mass is 312 g/mol. The maximum absolute atomic E-state index is 8.55. The van der Waals surface area contributed by atoms with Crippen LogP contribution in [0.3, 0.4) is 0 Å². The number of nitrogens with two attached hydrogens (primary N) is 1. The van der Waals surface area contributed by atoms with Crippen LogP contribution in [0.4, 0.5) is 0 Å². The quantitative estimate of drug-likeness (QED) is 0.473. The van der Waals surface area contributed by atoms with Gasteiger partial charge in [0, 0.05) is 0 Å². The third kappa shape index (κ3) is 4.91. The third-order valence-electron chi connectivity index (χ3n) is 2.00. The second kappa shape index (κ2) is 8.19. The SMILES string of the molecule is CCOc1cc(/C=N/NC(N)=S)cc(Cl)c1OCC#N. The van der Waals surface area contributed by atoms with Crippen molar-refractivity contribution in [2.24, 2.45) is 10.8 Å². The molecule has 3 N–H and O–H groups in total. The number of ether oxygens (including phenoxy) is 2. The lowest BCUT2D eigenvalue weighted by atomic mass is 10.2. The van der Waals surface area contributed by atoms with E-state index in [0.717, 1.165) is 0 Å². The smallest absolute Gasteiger partial charge is 0.184 e. The molecule has 0 amide bonds. The largest absolute Gasteiger partial charge is 0.490 e. The number of nitrogens with zero attached hydrogens (tertiary/aromatic N) is 2. The Morgan fingerprint density at radius 2 is 2.35 bits per heavy atom. The Labute approximate surface area is 127 Å². The van der Waals surface area contributed by atoms with Gasteiger partial charge in [0.1, 0.15) is 6.07 Å². The highest BCUT2D eigenvalue weighted by atomic mass is 35.5. The Morgan fingerprint density at radius 3 is 2.95 bits per heavy atom. The predicted octanol–water partition coefficient (Wildman–Crippen LogP) is 1.81. The van der Waals surface area contributed by atoms with Gasteiger partial charge in [0.05, 0.1) is 17.8 Å². The zero-order valence-electron chi connectivity index (χ0n) is 10.7. The van der Waals surface area contributed by atoms with Gasteiger partial charge in [0.2, 0.25) is 0 Å². The molecule has 0 atom stereocenters. The summed E-state index contributed by atoms with van der Waals surface area (Å²) in [6.07, 6.45) is 1.49. The van der Waals surface area contributed by atoms with Crippen LogP contribution < -0.4 is 20.6 Å². The number of thiocarbonyl (C=S) groups is 1. The molecule has 6 nitrogen and oxygen atoms in total. The molecule has 8 heteroatoms. The maximum Gasteiger partial charge on any atom is 0.184 e. The summed E-state index contributed by atoms with van der Waals surface area (Å²) in [5, 5.41) is 12.8. The highest BCUT2D eigenvalue weighted by Gasteiger charge is 2.12. The van der Waals surface area contributed by atoms with E-state index in [1.54, 1.807) is 12.1 Å². The molecule has 0 saturated heterocycles. The van der Waals surface area contributed by atoms with E-state index in [1.807, 2.05) is 13.0 Å². The second-order valence-corrected chi connectivity index (χ2v) is 4.29. The third-order valence-corrected chi connectivity index (χ3v) is 2.37. The summed E-state index contributed by atoms with van der Waals surface area (Å²) in [5.74, 6) is 0.765. The number of hydrogen-bond acceptors (Lipinski definition) is 5. The van der Waals surface area contributed by atoms with Gasteiger partial charge in [-0.1, -0.05) is 11.6 Å². The molecule has 1 rings (SSSR count). The van der Waals surface area contributed by atoms with E-state index in [4.69, 9.17) is 32.1 Å². The van der Waals surface area contributed by atoms with Gasteiger partial charge in [-0.15, -0.1) is 0 Å². The first kappa shape index (κ1) is 16.0. The highest BCUT2D eigenvalue weighted by Crippen LogP contribution is 2.36. The van der Waals surface area contributed by atoms with Gasteiger partial charge in [-0.2, -0.15) is 10.4 Å². The first-order valence-electron chi connectivity index (χ1n) is 5.63. The van der Waals surface area contributed by atoms with Crippen LogP contribution in [-0.4, -0.2) is 24.5 Å². The van der Waals surface area contributed by atoms with Crippen LogP contribution in [0.25, 0.3) is 0 Å². The summed E-state index contributed by atoms with van der Waals surface area (Å²) in [6, 6.07) is 5.19. The van der Waals surface area contributed by atoms with E-state index in [9.17, 15) is 0 Å². The molecule has 0 aliphatic rings. The molecule has 0 heterocycles. The van der Waals surface area contributed by atoms with Crippen molar-refractivity contribution in [2.75, 3.05) is 13.2 Å². The number of halogens is 1. The molecule has 0 aromatic heterocycles. The second-order valence-electron chi connectivity index (χ2n) is 3.44. The molecule has 20 heavy (non-hydrogen) atoms. The Balaban J connectivity index is 3.03. The van der Waals surface area contributed by atoms with Crippen molar-refractivity contribution in [1.82, 2.24) is 5.43 Å². The summed E-state index contributed by atoms with van der Waals surface area (Å²) in [6.45, 7) is 2.15. The van der Waals surface area contributed by atoms with Crippen LogP contribution in [0.15, 0.2) is 17.2 Å². The van der Waals surface area contributed by atoms with Gasteiger partial charge in [0.25, 0.3) is 0 Å². The van der Waals surface area contributed by atoms with Crippen LogP contribution >= 0.6 is 23.8 Å². The van der Waals surface area contributed by atoms with Gasteiger partial charge in [-0.25, -0.2) is 0 Å². The Hall–Kier alpha value is -2.04. The highest BCUT2D eigenvalue weighted by molar-refractivity contribution is 7.80. The van der Waals surface area contributed by atoms with Gasteiger partial charge in [-0.3, -0.25) is 5.43 Å². The summed E-state index contributed by atoms with van der Waals surface area (Å²) < 4.78 is 10.7. The zero-order valence-corrected chi connectivity index (χ0v) is 12.3. The molecule has 106 valence electrons. The molecule has 1 aromatic carbocycles. The van der Waals surface area contributed by atoms with Gasteiger partial charge < -0.3 is 15.2 Å². The normalized spacial score (nSPS) is 10.1. The van der Waals surface area contributed by atoms with Crippen molar-refractivity contribution < 1.29 is 9.47 Å². The van der Waals surface area contributed by atoms with Crippen molar-refractivity contribution in [3.8, 4) is 17.6 Å². The van der Waals surface area contributed by atoms with Crippen LogP contribution in [0, 0.1) is 11.3 Å². The van der Waals surface area contributed by atoms with Crippen LogP contribution in [0.1, 0.15) is 12.5 Å². The minimum atomic E-state index is -0.115. The number of nitrogens with one attached hydrogen (secondary N) is 1. The molecule has 0 aliphatic carbocycles. The minimum Gasteiger partial charge on any atom is -0.490 e. The Bertz CT molecular complexity index is 557. The van der Waals surface area contributed by atoms with Crippen molar-refractivity contribution in [3.05, 3.63) is 22.7 Å². The number of hydrazone groups is 1. The molecule has 1 aromatic rings. The summed E-state index contributed by atoms with van der Waals surface area (Å²) in [7, 11) is 0. The van der Waals surface area contributed by atoms with Crippen molar-refractivity contribution in [2.45, 2.75) is 6.92 Å². The number of rotatable bonds is 6. The lowest BCUT2D eigenvalue weighted by molar-refractivity contribution is 0.299. The lowest BCUT2D eigenvalue weighted by Gasteiger charge is -2.12. The van der Waals surface area contributed by atoms with Crippen molar-refractivity contribution >= 4 is 35.1 Å². The van der Waals surface area contributed by atoms with Gasteiger partial charge in [0.15, 0.2) is 23.2 Å². The van der Waals surface area contributed by atoms with E-state index in [1.165, 1.54) is 6.21 Å². The molecular weight excluding hydrogens is 300 g/mol. The van der Waals surface area contributed by atoms with E-state index < -0.39 is 0 Å². The van der Waals surface area contributed by atoms with Crippen molar-refractivity contribution in [1.29, 1.82) is 5.26 Å². The van der Waals surface area contributed by atoms with Crippen molar-refractivity contribution in [3.63, 3.8) is 0 Å². The molecule has 0 saturated carbocycles. The lowest BCUT2D eigenvalue weighted by Crippen LogP contribution is -2.23.